The fourth-order valence-corrected chi connectivity index (χ4v) is 3.20. The lowest BCUT2D eigenvalue weighted by Gasteiger charge is -2.13. The Morgan fingerprint density at radius 3 is 2.46 bits per heavy atom. The largest absolute Gasteiger partial charge is 0.330 e. The van der Waals surface area contributed by atoms with Gasteiger partial charge >= 0.3 is 0 Å². The van der Waals surface area contributed by atoms with Crippen molar-refractivity contribution in [2.24, 2.45) is 5.73 Å². The van der Waals surface area contributed by atoms with Gasteiger partial charge in [-0.2, -0.15) is 5.10 Å². The Bertz CT molecular complexity index is 1090. The molecule has 2 heterocycles. The van der Waals surface area contributed by atoms with Crippen molar-refractivity contribution in [3.8, 4) is 0 Å². The summed E-state index contributed by atoms with van der Waals surface area (Å²) in [5.41, 5.74) is 8.31. The Hall–Kier alpha value is -2.63. The maximum atomic E-state index is 13.2. The number of rotatable bonds is 5. The molecule has 2 aromatic carbocycles. The summed E-state index contributed by atoms with van der Waals surface area (Å²) < 4.78 is 3.55. The average molecular weight is 369 g/mol. The van der Waals surface area contributed by atoms with E-state index >= 15 is 0 Å². The number of fused-ring (bicyclic) bond motifs is 3. The van der Waals surface area contributed by atoms with Crippen LogP contribution in [0.4, 0.5) is 0 Å². The van der Waals surface area contributed by atoms with Gasteiger partial charge in [0.2, 0.25) is 0 Å². The topological polar surface area (TPSA) is 65.3 Å². The van der Waals surface area contributed by atoms with Gasteiger partial charge in [-0.15, -0.1) is 12.4 Å². The van der Waals surface area contributed by atoms with E-state index in [2.05, 4.69) is 0 Å². The summed E-state index contributed by atoms with van der Waals surface area (Å²) in [6.07, 6.45) is 1.48. The van der Waals surface area contributed by atoms with Gasteiger partial charge in [0.25, 0.3) is 5.56 Å². The number of aromatic nitrogens is 3. The summed E-state index contributed by atoms with van der Waals surface area (Å²) in [6.45, 7) is 1.09. The molecule has 0 atom stereocenters. The summed E-state index contributed by atoms with van der Waals surface area (Å²) in [6, 6.07) is 19.8. The van der Waals surface area contributed by atoms with E-state index in [1.807, 2.05) is 60.7 Å². The van der Waals surface area contributed by atoms with Crippen LogP contribution in [0.25, 0.3) is 16.4 Å². The minimum Gasteiger partial charge on any atom is -0.330 e. The SMILES string of the molecule is Cl.NCCCc1nn2c(cc3ccccc32)c(=O)n1Cc1ccccc1. The Labute approximate surface area is 157 Å². The van der Waals surface area contributed by atoms with Crippen LogP contribution in [0.1, 0.15) is 17.8 Å². The van der Waals surface area contributed by atoms with Gasteiger partial charge in [-0.05, 0) is 30.7 Å². The van der Waals surface area contributed by atoms with E-state index in [9.17, 15) is 4.79 Å². The van der Waals surface area contributed by atoms with Crippen molar-refractivity contribution in [1.82, 2.24) is 14.2 Å². The van der Waals surface area contributed by atoms with Crippen molar-refractivity contribution in [2.75, 3.05) is 6.54 Å². The third-order valence-corrected chi connectivity index (χ3v) is 4.46. The molecular weight excluding hydrogens is 348 g/mol. The lowest BCUT2D eigenvalue weighted by Crippen LogP contribution is -2.28. The second kappa shape index (κ2) is 7.72. The molecule has 0 fully saturated rings. The number of benzene rings is 2. The van der Waals surface area contributed by atoms with E-state index in [0.717, 1.165) is 28.7 Å². The fourth-order valence-electron chi connectivity index (χ4n) is 3.20. The smallest absolute Gasteiger partial charge is 0.278 e. The second-order valence-corrected chi connectivity index (χ2v) is 6.19. The van der Waals surface area contributed by atoms with Crippen molar-refractivity contribution in [1.29, 1.82) is 0 Å². The summed E-state index contributed by atoms with van der Waals surface area (Å²) in [4.78, 5) is 13.2. The van der Waals surface area contributed by atoms with E-state index in [1.54, 1.807) is 9.08 Å². The van der Waals surface area contributed by atoms with Gasteiger partial charge in [-0.1, -0.05) is 48.5 Å². The number of nitrogens with two attached hydrogens (primary N) is 1. The molecule has 4 rings (SSSR count). The van der Waals surface area contributed by atoms with Crippen LogP contribution in [0, 0.1) is 0 Å². The maximum absolute atomic E-state index is 13.2. The molecule has 2 aromatic heterocycles. The highest BCUT2D eigenvalue weighted by molar-refractivity contribution is 5.86. The molecule has 0 saturated heterocycles. The molecular formula is C20H21ClN4O. The number of nitrogens with zero attached hydrogens (tertiary/aromatic N) is 3. The van der Waals surface area contributed by atoms with E-state index in [4.69, 9.17) is 10.8 Å². The number of aryl methyl sites for hydroxylation is 1. The lowest BCUT2D eigenvalue weighted by atomic mass is 10.2. The number of hydrogen-bond acceptors (Lipinski definition) is 3. The first kappa shape index (κ1) is 18.2. The summed E-state index contributed by atoms with van der Waals surface area (Å²) in [5, 5.41) is 5.80. The molecule has 134 valence electrons. The minimum absolute atomic E-state index is 0. The minimum atomic E-state index is -0.0120. The second-order valence-electron chi connectivity index (χ2n) is 6.19. The molecule has 0 spiro atoms. The molecule has 0 aliphatic rings. The maximum Gasteiger partial charge on any atom is 0.278 e. The molecule has 0 bridgehead atoms. The zero-order valence-corrected chi connectivity index (χ0v) is 15.2. The Balaban J connectivity index is 0.00000196. The first-order chi connectivity index (χ1) is 12.3. The van der Waals surface area contributed by atoms with Gasteiger partial charge in [0.05, 0.1) is 12.1 Å². The van der Waals surface area contributed by atoms with Crippen LogP contribution < -0.4 is 11.3 Å². The van der Waals surface area contributed by atoms with E-state index in [-0.39, 0.29) is 18.0 Å². The zero-order chi connectivity index (χ0) is 17.2. The Morgan fingerprint density at radius 2 is 1.69 bits per heavy atom. The Kier molecular flexibility index (Phi) is 5.40. The summed E-state index contributed by atoms with van der Waals surface area (Å²) in [5.74, 6) is 0.771. The Morgan fingerprint density at radius 1 is 0.962 bits per heavy atom. The van der Waals surface area contributed by atoms with Crippen molar-refractivity contribution in [3.63, 3.8) is 0 Å². The number of hydrogen-bond donors (Lipinski definition) is 1. The molecule has 4 aromatic rings. The third-order valence-electron chi connectivity index (χ3n) is 4.46. The van der Waals surface area contributed by atoms with E-state index in [0.29, 0.717) is 25.0 Å². The standard InChI is InChI=1S/C20H20N4O.ClH/c21-12-6-11-19-22-24-17-10-5-4-9-16(17)13-18(24)20(25)23(19)14-15-7-2-1-3-8-15;/h1-5,7-10,13H,6,11-12,14,21H2;1H. The molecule has 0 unspecified atom stereocenters. The summed E-state index contributed by atoms with van der Waals surface area (Å²) >= 11 is 0. The molecule has 0 aliphatic carbocycles. The number of para-hydroxylation sites is 1. The first-order valence-corrected chi connectivity index (χ1v) is 8.52. The van der Waals surface area contributed by atoms with Gasteiger partial charge in [0.15, 0.2) is 0 Å². The average Bonchev–Trinajstić information content (AvgIpc) is 3.02. The highest BCUT2D eigenvalue weighted by atomic mass is 35.5. The third kappa shape index (κ3) is 3.23. The number of halogens is 1. The van der Waals surface area contributed by atoms with Crippen molar-refractivity contribution in [2.45, 2.75) is 19.4 Å². The van der Waals surface area contributed by atoms with Gasteiger partial charge < -0.3 is 5.73 Å². The monoisotopic (exact) mass is 368 g/mol. The van der Waals surface area contributed by atoms with Crippen LogP contribution in [0.15, 0.2) is 65.5 Å². The van der Waals surface area contributed by atoms with Crippen LogP contribution in [-0.4, -0.2) is 20.7 Å². The van der Waals surface area contributed by atoms with Gasteiger partial charge in [-0.3, -0.25) is 9.36 Å². The summed E-state index contributed by atoms with van der Waals surface area (Å²) in [7, 11) is 0. The van der Waals surface area contributed by atoms with Crippen LogP contribution in [0.2, 0.25) is 0 Å². The molecule has 26 heavy (non-hydrogen) atoms. The lowest BCUT2D eigenvalue weighted by molar-refractivity contribution is 0.620. The molecule has 2 N–H and O–H groups in total. The first-order valence-electron chi connectivity index (χ1n) is 8.52. The predicted molar refractivity (Wildman–Crippen MR) is 107 cm³/mol. The quantitative estimate of drug-likeness (QED) is 0.589. The van der Waals surface area contributed by atoms with Crippen LogP contribution in [0.5, 0.6) is 0 Å². The van der Waals surface area contributed by atoms with E-state index in [1.165, 1.54) is 0 Å². The molecule has 0 aliphatic heterocycles. The normalized spacial score (nSPS) is 11.0. The van der Waals surface area contributed by atoms with Crippen LogP contribution >= 0.6 is 12.4 Å². The van der Waals surface area contributed by atoms with Gasteiger partial charge in [-0.25, -0.2) is 4.52 Å². The van der Waals surface area contributed by atoms with Gasteiger partial charge in [0, 0.05) is 11.8 Å². The van der Waals surface area contributed by atoms with Gasteiger partial charge in [0.1, 0.15) is 11.3 Å². The van der Waals surface area contributed by atoms with Crippen LogP contribution in [-0.2, 0) is 13.0 Å². The molecule has 5 nitrogen and oxygen atoms in total. The van der Waals surface area contributed by atoms with Crippen molar-refractivity contribution >= 4 is 28.8 Å². The highest BCUT2D eigenvalue weighted by Gasteiger charge is 2.14. The van der Waals surface area contributed by atoms with E-state index < -0.39 is 0 Å². The fraction of sp³-hybridized carbons (Fsp3) is 0.200. The molecule has 0 saturated carbocycles. The predicted octanol–water partition coefficient (Wildman–Crippen LogP) is 3.01. The van der Waals surface area contributed by atoms with Crippen molar-refractivity contribution in [3.05, 3.63) is 82.4 Å². The van der Waals surface area contributed by atoms with Crippen molar-refractivity contribution < 1.29 is 0 Å². The zero-order valence-electron chi connectivity index (χ0n) is 14.3. The molecule has 0 amide bonds. The highest BCUT2D eigenvalue weighted by Crippen LogP contribution is 2.17. The molecule has 0 radical (unpaired) electrons. The van der Waals surface area contributed by atoms with Crippen LogP contribution in [0.3, 0.4) is 0 Å². The molecule has 6 heteroatoms.